The van der Waals surface area contributed by atoms with Crippen LogP contribution in [0.3, 0.4) is 0 Å². The number of anilines is 1. The lowest BCUT2D eigenvalue weighted by molar-refractivity contribution is -0.148. The summed E-state index contributed by atoms with van der Waals surface area (Å²) < 4.78 is 5.07. The number of halogens is 1. The van der Waals surface area contributed by atoms with Gasteiger partial charge in [0.1, 0.15) is 0 Å². The molecule has 118 valence electrons. The number of esters is 1. The molecule has 4 nitrogen and oxygen atoms in total. The number of hydrogen-bond acceptors (Lipinski definition) is 3. The molecule has 23 heavy (non-hydrogen) atoms. The second-order valence-electron chi connectivity index (χ2n) is 4.79. The van der Waals surface area contributed by atoms with E-state index in [0.29, 0.717) is 10.7 Å². The van der Waals surface area contributed by atoms with Crippen molar-refractivity contribution in [3.8, 4) is 0 Å². The van der Waals surface area contributed by atoms with Gasteiger partial charge in [-0.05, 0) is 30.7 Å². The highest BCUT2D eigenvalue weighted by molar-refractivity contribution is 6.33. The number of carbonyl (C=O) groups is 2. The van der Waals surface area contributed by atoms with Crippen molar-refractivity contribution in [2.75, 3.05) is 5.32 Å². The van der Waals surface area contributed by atoms with Crippen LogP contribution in [0.1, 0.15) is 12.5 Å². The normalized spacial score (nSPS) is 11.9. The summed E-state index contributed by atoms with van der Waals surface area (Å²) in [4.78, 5) is 23.7. The zero-order chi connectivity index (χ0) is 16.7. The third-order valence-electron chi connectivity index (χ3n) is 3.01. The van der Waals surface area contributed by atoms with E-state index in [9.17, 15) is 9.59 Å². The molecule has 0 aromatic heterocycles. The Hall–Kier alpha value is -2.59. The highest BCUT2D eigenvalue weighted by Crippen LogP contribution is 2.20. The lowest BCUT2D eigenvalue weighted by atomic mass is 10.2. The van der Waals surface area contributed by atoms with Crippen LogP contribution < -0.4 is 5.32 Å². The average Bonchev–Trinajstić information content (AvgIpc) is 2.56. The fraction of sp³-hybridized carbons (Fsp3) is 0.111. The topological polar surface area (TPSA) is 55.4 Å². The molecule has 2 aromatic carbocycles. The zero-order valence-corrected chi connectivity index (χ0v) is 13.3. The van der Waals surface area contributed by atoms with Crippen LogP contribution >= 0.6 is 11.6 Å². The second kappa shape index (κ2) is 8.15. The minimum absolute atomic E-state index is 0.420. The van der Waals surface area contributed by atoms with E-state index in [1.165, 1.54) is 13.0 Å². The van der Waals surface area contributed by atoms with E-state index in [4.69, 9.17) is 16.3 Å². The molecular weight excluding hydrogens is 314 g/mol. The van der Waals surface area contributed by atoms with Crippen molar-refractivity contribution in [3.63, 3.8) is 0 Å². The monoisotopic (exact) mass is 329 g/mol. The molecule has 0 radical (unpaired) electrons. The van der Waals surface area contributed by atoms with Gasteiger partial charge in [-0.3, -0.25) is 4.79 Å². The summed E-state index contributed by atoms with van der Waals surface area (Å²) in [6, 6.07) is 16.2. The molecule has 0 aliphatic rings. The van der Waals surface area contributed by atoms with Crippen molar-refractivity contribution in [1.29, 1.82) is 0 Å². The van der Waals surface area contributed by atoms with Gasteiger partial charge in [-0.1, -0.05) is 54.1 Å². The Morgan fingerprint density at radius 3 is 2.43 bits per heavy atom. The van der Waals surface area contributed by atoms with Gasteiger partial charge in [0.2, 0.25) is 0 Å². The molecule has 0 fully saturated rings. The number of hydrogen-bond donors (Lipinski definition) is 1. The van der Waals surface area contributed by atoms with Gasteiger partial charge in [0.05, 0.1) is 10.7 Å². The number of rotatable bonds is 5. The molecule has 5 heteroatoms. The predicted octanol–water partition coefficient (Wildman–Crippen LogP) is 3.92. The lowest BCUT2D eigenvalue weighted by Gasteiger charge is -2.13. The standard InChI is InChI=1S/C18H16ClNO3/c1-13(18(22)20-16-10-6-5-9-15(16)19)23-17(21)12-11-14-7-3-2-4-8-14/h2-13H,1H3,(H,20,22)/b12-11+/t13-/m1/s1. The van der Waals surface area contributed by atoms with Crippen molar-refractivity contribution in [2.24, 2.45) is 0 Å². The van der Waals surface area contributed by atoms with Crippen LogP contribution in [0.25, 0.3) is 6.08 Å². The average molecular weight is 330 g/mol. The molecule has 2 rings (SSSR count). The van der Waals surface area contributed by atoms with E-state index in [1.54, 1.807) is 30.3 Å². The molecule has 1 amide bonds. The van der Waals surface area contributed by atoms with Crippen LogP contribution in [0.15, 0.2) is 60.7 Å². The van der Waals surface area contributed by atoms with Gasteiger partial charge in [-0.2, -0.15) is 0 Å². The molecule has 0 heterocycles. The number of carbonyl (C=O) groups excluding carboxylic acids is 2. The Balaban J connectivity index is 1.89. The number of benzene rings is 2. The van der Waals surface area contributed by atoms with Crippen LogP contribution in [0.2, 0.25) is 5.02 Å². The molecular formula is C18H16ClNO3. The summed E-state index contributed by atoms with van der Waals surface area (Å²) in [5, 5.41) is 3.04. The quantitative estimate of drug-likeness (QED) is 0.668. The van der Waals surface area contributed by atoms with Crippen molar-refractivity contribution in [1.82, 2.24) is 0 Å². The van der Waals surface area contributed by atoms with Crippen LogP contribution in [0.4, 0.5) is 5.69 Å². The molecule has 0 saturated carbocycles. The first-order valence-electron chi connectivity index (χ1n) is 7.05. The molecule has 0 unspecified atom stereocenters. The van der Waals surface area contributed by atoms with E-state index in [0.717, 1.165) is 5.56 Å². The second-order valence-corrected chi connectivity index (χ2v) is 5.20. The highest BCUT2D eigenvalue weighted by Gasteiger charge is 2.17. The number of nitrogens with one attached hydrogen (secondary N) is 1. The molecule has 1 N–H and O–H groups in total. The number of amides is 1. The van der Waals surface area contributed by atoms with Crippen molar-refractivity contribution in [3.05, 3.63) is 71.3 Å². The third kappa shape index (κ3) is 5.27. The molecule has 0 aliphatic heterocycles. The molecule has 1 atom stereocenters. The minimum atomic E-state index is -0.931. The summed E-state index contributed by atoms with van der Waals surface area (Å²) in [6.07, 6.45) is 1.98. The molecule has 2 aromatic rings. The maximum absolute atomic E-state index is 12.0. The van der Waals surface area contributed by atoms with Crippen molar-refractivity contribution in [2.45, 2.75) is 13.0 Å². The van der Waals surface area contributed by atoms with Crippen molar-refractivity contribution < 1.29 is 14.3 Å². The van der Waals surface area contributed by atoms with E-state index in [-0.39, 0.29) is 0 Å². The van der Waals surface area contributed by atoms with Gasteiger partial charge in [0, 0.05) is 6.08 Å². The Labute approximate surface area is 139 Å². The molecule has 0 aliphatic carbocycles. The predicted molar refractivity (Wildman–Crippen MR) is 91.1 cm³/mol. The maximum atomic E-state index is 12.0. The fourth-order valence-corrected chi connectivity index (χ4v) is 1.98. The van der Waals surface area contributed by atoms with Gasteiger partial charge < -0.3 is 10.1 Å². The Kier molecular flexibility index (Phi) is 5.94. The van der Waals surface area contributed by atoms with E-state index >= 15 is 0 Å². The first-order chi connectivity index (χ1) is 11.1. The van der Waals surface area contributed by atoms with Crippen molar-refractivity contribution >= 4 is 35.2 Å². The molecule has 0 saturated heterocycles. The van der Waals surface area contributed by atoms with Gasteiger partial charge in [-0.15, -0.1) is 0 Å². The first kappa shape index (κ1) is 16.8. The summed E-state index contributed by atoms with van der Waals surface area (Å²) in [7, 11) is 0. The summed E-state index contributed by atoms with van der Waals surface area (Å²) in [6.45, 7) is 1.50. The fourth-order valence-electron chi connectivity index (χ4n) is 1.79. The van der Waals surface area contributed by atoms with Crippen LogP contribution in [0, 0.1) is 0 Å². The lowest BCUT2D eigenvalue weighted by Crippen LogP contribution is -2.29. The molecule has 0 spiro atoms. The first-order valence-corrected chi connectivity index (χ1v) is 7.43. The number of ether oxygens (including phenoxy) is 1. The highest BCUT2D eigenvalue weighted by atomic mass is 35.5. The van der Waals surface area contributed by atoms with E-state index < -0.39 is 18.0 Å². The van der Waals surface area contributed by atoms with E-state index in [2.05, 4.69) is 5.32 Å². The largest absolute Gasteiger partial charge is 0.449 e. The SMILES string of the molecule is C[C@@H](OC(=O)/C=C/c1ccccc1)C(=O)Nc1ccccc1Cl. The summed E-state index contributed by atoms with van der Waals surface area (Å²) in [5.74, 6) is -1.03. The van der Waals surface area contributed by atoms with Crippen LogP contribution in [0.5, 0.6) is 0 Å². The van der Waals surface area contributed by atoms with Crippen LogP contribution in [-0.2, 0) is 14.3 Å². The van der Waals surface area contributed by atoms with Gasteiger partial charge in [0.25, 0.3) is 5.91 Å². The van der Waals surface area contributed by atoms with E-state index in [1.807, 2.05) is 30.3 Å². The van der Waals surface area contributed by atoms with Gasteiger partial charge >= 0.3 is 5.97 Å². The smallest absolute Gasteiger partial charge is 0.331 e. The minimum Gasteiger partial charge on any atom is -0.449 e. The Bertz CT molecular complexity index is 713. The van der Waals surface area contributed by atoms with Gasteiger partial charge in [0.15, 0.2) is 6.10 Å². The summed E-state index contributed by atoms with van der Waals surface area (Å²) in [5.41, 5.74) is 1.35. The summed E-state index contributed by atoms with van der Waals surface area (Å²) >= 11 is 5.96. The Morgan fingerprint density at radius 2 is 1.74 bits per heavy atom. The zero-order valence-electron chi connectivity index (χ0n) is 12.5. The van der Waals surface area contributed by atoms with Crippen LogP contribution in [-0.4, -0.2) is 18.0 Å². The third-order valence-corrected chi connectivity index (χ3v) is 3.33. The number of para-hydroxylation sites is 1. The maximum Gasteiger partial charge on any atom is 0.331 e. The molecule has 0 bridgehead atoms. The Morgan fingerprint density at radius 1 is 1.09 bits per heavy atom. The van der Waals surface area contributed by atoms with Gasteiger partial charge in [-0.25, -0.2) is 4.79 Å².